The van der Waals surface area contributed by atoms with Crippen molar-refractivity contribution in [2.75, 3.05) is 17.4 Å². The molecule has 0 spiro atoms. The number of hydrogen-bond donors (Lipinski definition) is 1. The molecule has 0 saturated heterocycles. The number of nitrogens with one attached hydrogen (secondary N) is 1. The number of rotatable bonds is 13. The van der Waals surface area contributed by atoms with Gasteiger partial charge in [0.2, 0.25) is 11.8 Å². The monoisotopic (exact) mass is 719 g/mol. The van der Waals surface area contributed by atoms with Gasteiger partial charge >= 0.3 is 0 Å². The fraction of sp³-hybridized carbons (Fsp3) is 0.235. The lowest BCUT2D eigenvalue weighted by molar-refractivity contribution is -0.140. The summed E-state index contributed by atoms with van der Waals surface area (Å²) in [4.78, 5) is 29.7. The molecular formula is C34H33Cl4N3O4S. The van der Waals surface area contributed by atoms with E-state index in [9.17, 15) is 18.0 Å². The normalized spacial score (nSPS) is 12.1. The summed E-state index contributed by atoms with van der Waals surface area (Å²) in [5.41, 5.74) is 1.47. The molecule has 1 unspecified atom stereocenters. The summed E-state index contributed by atoms with van der Waals surface area (Å²) >= 11 is 25.2. The van der Waals surface area contributed by atoms with Crippen LogP contribution in [-0.2, 0) is 32.6 Å². The fourth-order valence-electron chi connectivity index (χ4n) is 4.73. The van der Waals surface area contributed by atoms with E-state index in [1.807, 2.05) is 44.2 Å². The van der Waals surface area contributed by atoms with Crippen LogP contribution in [0, 0.1) is 5.92 Å². The van der Waals surface area contributed by atoms with Crippen LogP contribution >= 0.6 is 46.4 Å². The second-order valence-electron chi connectivity index (χ2n) is 11.0. The van der Waals surface area contributed by atoms with Crippen LogP contribution in [0.2, 0.25) is 20.1 Å². The summed E-state index contributed by atoms with van der Waals surface area (Å²) in [6.07, 6.45) is 0.172. The first-order valence-corrected chi connectivity index (χ1v) is 17.4. The van der Waals surface area contributed by atoms with Gasteiger partial charge < -0.3 is 10.2 Å². The summed E-state index contributed by atoms with van der Waals surface area (Å²) in [7, 11) is -4.31. The highest BCUT2D eigenvalue weighted by Gasteiger charge is 2.35. The van der Waals surface area contributed by atoms with E-state index in [-0.39, 0.29) is 45.4 Å². The summed E-state index contributed by atoms with van der Waals surface area (Å²) in [5, 5.41) is 3.89. The predicted molar refractivity (Wildman–Crippen MR) is 186 cm³/mol. The van der Waals surface area contributed by atoms with Crippen LogP contribution in [0.3, 0.4) is 0 Å². The van der Waals surface area contributed by atoms with Gasteiger partial charge in [-0.15, -0.1) is 0 Å². The van der Waals surface area contributed by atoms with Crippen molar-refractivity contribution in [2.24, 2.45) is 5.92 Å². The lowest BCUT2D eigenvalue weighted by atomic mass is 10.0. The van der Waals surface area contributed by atoms with Crippen LogP contribution in [0.25, 0.3) is 0 Å². The molecule has 4 aromatic carbocycles. The minimum atomic E-state index is -4.31. The van der Waals surface area contributed by atoms with Crippen LogP contribution < -0.4 is 9.62 Å². The van der Waals surface area contributed by atoms with E-state index in [1.54, 1.807) is 36.4 Å². The van der Waals surface area contributed by atoms with Gasteiger partial charge in [0.15, 0.2) is 0 Å². The number of benzene rings is 4. The molecule has 0 aliphatic heterocycles. The Morgan fingerprint density at radius 2 is 1.41 bits per heavy atom. The first kappa shape index (κ1) is 35.6. The fourth-order valence-corrected chi connectivity index (χ4v) is 7.06. The van der Waals surface area contributed by atoms with Gasteiger partial charge in [0.25, 0.3) is 10.0 Å². The topological polar surface area (TPSA) is 86.8 Å². The lowest BCUT2D eigenvalue weighted by Crippen LogP contribution is -2.53. The van der Waals surface area contributed by atoms with Gasteiger partial charge in [-0.1, -0.05) is 115 Å². The Labute approximate surface area is 290 Å². The van der Waals surface area contributed by atoms with Gasteiger partial charge in [-0.3, -0.25) is 13.9 Å². The maximum atomic E-state index is 14.5. The molecule has 7 nitrogen and oxygen atoms in total. The number of carbonyl (C=O) groups excluding carboxylic acids is 2. The highest BCUT2D eigenvalue weighted by Crippen LogP contribution is 2.33. The zero-order valence-corrected chi connectivity index (χ0v) is 29.0. The largest absolute Gasteiger partial charge is 0.354 e. The van der Waals surface area contributed by atoms with Gasteiger partial charge in [0.05, 0.1) is 25.7 Å². The van der Waals surface area contributed by atoms with Crippen molar-refractivity contribution in [3.05, 3.63) is 128 Å². The number of halogens is 4. The first-order valence-electron chi connectivity index (χ1n) is 14.4. The van der Waals surface area contributed by atoms with Crippen molar-refractivity contribution in [1.29, 1.82) is 0 Å². The SMILES string of the molecule is CC(C)CNC(=O)C(Cc1ccccc1)N(Cc1ccc(Cl)c(Cl)c1)C(=O)CN(c1ccc(Cl)cc1Cl)S(=O)(=O)c1ccccc1. The van der Waals surface area contributed by atoms with Crippen LogP contribution in [0.15, 0.2) is 102 Å². The van der Waals surface area contributed by atoms with Gasteiger partial charge in [0.1, 0.15) is 12.6 Å². The molecule has 0 saturated carbocycles. The van der Waals surface area contributed by atoms with Crippen LogP contribution in [0.1, 0.15) is 25.0 Å². The number of nitrogens with zero attached hydrogens (tertiary/aromatic N) is 2. The molecule has 46 heavy (non-hydrogen) atoms. The third kappa shape index (κ3) is 9.17. The molecule has 0 aliphatic carbocycles. The Bertz CT molecular complexity index is 1770. The molecule has 1 atom stereocenters. The van der Waals surface area contributed by atoms with E-state index in [4.69, 9.17) is 46.4 Å². The number of amides is 2. The minimum Gasteiger partial charge on any atom is -0.354 e. The number of hydrogen-bond acceptors (Lipinski definition) is 4. The van der Waals surface area contributed by atoms with Gasteiger partial charge in [0, 0.05) is 24.5 Å². The van der Waals surface area contributed by atoms with E-state index >= 15 is 0 Å². The first-order chi connectivity index (χ1) is 21.9. The highest BCUT2D eigenvalue weighted by molar-refractivity contribution is 7.92. The van der Waals surface area contributed by atoms with E-state index in [0.717, 1.165) is 9.87 Å². The third-order valence-electron chi connectivity index (χ3n) is 7.08. The molecule has 4 aromatic rings. The predicted octanol–water partition coefficient (Wildman–Crippen LogP) is 7.91. The van der Waals surface area contributed by atoms with E-state index in [1.165, 1.54) is 35.2 Å². The Balaban J connectivity index is 1.83. The van der Waals surface area contributed by atoms with Gasteiger partial charge in [-0.05, 0) is 59.5 Å². The number of carbonyl (C=O) groups is 2. The average Bonchev–Trinajstić information content (AvgIpc) is 3.03. The van der Waals surface area contributed by atoms with Crippen molar-refractivity contribution in [1.82, 2.24) is 10.2 Å². The van der Waals surface area contributed by atoms with E-state index in [0.29, 0.717) is 22.2 Å². The molecule has 12 heteroatoms. The van der Waals surface area contributed by atoms with Crippen LogP contribution in [-0.4, -0.2) is 44.3 Å². The van der Waals surface area contributed by atoms with Gasteiger partial charge in [-0.2, -0.15) is 0 Å². The van der Waals surface area contributed by atoms with Crippen molar-refractivity contribution in [3.63, 3.8) is 0 Å². The van der Waals surface area contributed by atoms with Gasteiger partial charge in [-0.25, -0.2) is 8.42 Å². The van der Waals surface area contributed by atoms with Crippen molar-refractivity contribution in [2.45, 2.75) is 37.8 Å². The average molecular weight is 722 g/mol. The molecule has 2 amide bonds. The summed E-state index contributed by atoms with van der Waals surface area (Å²) < 4.78 is 29.1. The van der Waals surface area contributed by atoms with Crippen molar-refractivity contribution < 1.29 is 18.0 Å². The Morgan fingerprint density at radius 1 is 0.761 bits per heavy atom. The van der Waals surface area contributed by atoms with E-state index < -0.39 is 28.5 Å². The molecule has 4 rings (SSSR count). The molecule has 242 valence electrons. The van der Waals surface area contributed by atoms with Crippen LogP contribution in [0.5, 0.6) is 0 Å². The molecule has 0 bridgehead atoms. The number of anilines is 1. The molecule has 1 N–H and O–H groups in total. The molecule has 0 fully saturated rings. The van der Waals surface area contributed by atoms with Crippen molar-refractivity contribution in [3.8, 4) is 0 Å². The molecule has 0 aromatic heterocycles. The summed E-state index contributed by atoms with van der Waals surface area (Å²) in [6, 6.07) is 25.3. The Hall–Kier alpha value is -3.27. The molecular weight excluding hydrogens is 688 g/mol. The Kier molecular flexibility index (Phi) is 12.4. The smallest absolute Gasteiger partial charge is 0.264 e. The van der Waals surface area contributed by atoms with Crippen molar-refractivity contribution >= 4 is 73.9 Å². The molecule has 0 heterocycles. The quantitative estimate of drug-likeness (QED) is 0.152. The zero-order chi connectivity index (χ0) is 33.4. The summed E-state index contributed by atoms with van der Waals surface area (Å²) in [6.45, 7) is 3.59. The number of sulfonamides is 1. The Morgan fingerprint density at radius 3 is 2.02 bits per heavy atom. The minimum absolute atomic E-state index is 0.0337. The molecule has 0 radical (unpaired) electrons. The standard InChI is InChI=1S/C34H33Cl4N3O4S/c1-23(2)20-39-34(43)32(18-24-9-5-3-6-10-24)40(21-25-13-15-28(36)29(37)17-25)33(42)22-41(31-16-14-26(35)19-30(31)38)46(44,45)27-11-7-4-8-12-27/h3-17,19,23,32H,18,20-22H2,1-2H3,(H,39,43). The lowest BCUT2D eigenvalue weighted by Gasteiger charge is -2.34. The second kappa shape index (κ2) is 16.0. The molecule has 0 aliphatic rings. The zero-order valence-electron chi connectivity index (χ0n) is 25.2. The van der Waals surface area contributed by atoms with Crippen LogP contribution in [0.4, 0.5) is 5.69 Å². The van der Waals surface area contributed by atoms with E-state index in [2.05, 4.69) is 5.32 Å². The third-order valence-corrected chi connectivity index (χ3v) is 10.1. The second-order valence-corrected chi connectivity index (χ2v) is 14.6. The maximum absolute atomic E-state index is 14.5. The maximum Gasteiger partial charge on any atom is 0.264 e. The highest BCUT2D eigenvalue weighted by atomic mass is 35.5. The summed E-state index contributed by atoms with van der Waals surface area (Å²) in [5.74, 6) is -0.871.